The van der Waals surface area contributed by atoms with E-state index in [4.69, 9.17) is 14.2 Å². The number of nitro benzene ring substituents is 1. The second kappa shape index (κ2) is 9.40. The van der Waals surface area contributed by atoms with Crippen molar-refractivity contribution in [3.63, 3.8) is 0 Å². The van der Waals surface area contributed by atoms with Gasteiger partial charge in [-0.1, -0.05) is 0 Å². The first-order chi connectivity index (χ1) is 13.8. The Kier molecular flexibility index (Phi) is 6.96. The van der Waals surface area contributed by atoms with Crippen molar-refractivity contribution in [1.82, 2.24) is 5.32 Å². The van der Waals surface area contributed by atoms with Gasteiger partial charge in [0.15, 0.2) is 11.5 Å². The van der Waals surface area contributed by atoms with E-state index in [1.807, 2.05) is 0 Å². The van der Waals surface area contributed by atoms with Gasteiger partial charge in [-0.25, -0.2) is 4.79 Å². The van der Waals surface area contributed by atoms with Gasteiger partial charge in [0.05, 0.1) is 38.9 Å². The number of carbonyl (C=O) groups excluding carboxylic acids is 2. The number of non-ortho nitro benzene ring substituents is 1. The summed E-state index contributed by atoms with van der Waals surface area (Å²) in [6, 6.07) is 6.67. The summed E-state index contributed by atoms with van der Waals surface area (Å²) in [4.78, 5) is 34.7. The SMILES string of the molecule is COC(=O)c1cc(C(=O)NCc2cc(OC)c(OC)c(OC)c2)cc([N+](=O)[O-])c1. The fourth-order valence-electron chi connectivity index (χ4n) is 2.61. The first kappa shape index (κ1) is 21.5. The maximum Gasteiger partial charge on any atom is 0.338 e. The summed E-state index contributed by atoms with van der Waals surface area (Å²) in [5.41, 5.74) is 0.101. The minimum absolute atomic E-state index is 0.0490. The van der Waals surface area contributed by atoms with Crippen LogP contribution in [0.3, 0.4) is 0 Å². The maximum atomic E-state index is 12.5. The Balaban J connectivity index is 2.28. The molecule has 0 aliphatic heterocycles. The van der Waals surface area contributed by atoms with Gasteiger partial charge in [0.2, 0.25) is 5.75 Å². The number of methoxy groups -OCH3 is 4. The Morgan fingerprint density at radius 2 is 1.52 bits per heavy atom. The van der Waals surface area contributed by atoms with Crippen molar-refractivity contribution in [2.24, 2.45) is 0 Å². The Morgan fingerprint density at radius 1 is 0.931 bits per heavy atom. The number of nitrogens with one attached hydrogen (secondary N) is 1. The van der Waals surface area contributed by atoms with Crippen LogP contribution in [0.15, 0.2) is 30.3 Å². The van der Waals surface area contributed by atoms with Crippen LogP contribution < -0.4 is 19.5 Å². The van der Waals surface area contributed by atoms with Crippen LogP contribution in [-0.2, 0) is 11.3 Å². The van der Waals surface area contributed by atoms with Crippen LogP contribution in [0.5, 0.6) is 17.2 Å². The molecule has 154 valence electrons. The Labute approximate surface area is 166 Å². The number of hydrogen-bond acceptors (Lipinski definition) is 8. The molecule has 0 aliphatic carbocycles. The molecule has 10 heteroatoms. The quantitative estimate of drug-likeness (QED) is 0.404. The molecule has 10 nitrogen and oxygen atoms in total. The van der Waals surface area contributed by atoms with Crippen LogP contribution in [0, 0.1) is 10.1 Å². The summed E-state index contributed by atoms with van der Waals surface area (Å²) in [6.07, 6.45) is 0. The predicted molar refractivity (Wildman–Crippen MR) is 102 cm³/mol. The third-order valence-electron chi connectivity index (χ3n) is 3.99. The number of nitro groups is 1. The number of nitrogens with zero attached hydrogens (tertiary/aromatic N) is 1. The van der Waals surface area contributed by atoms with E-state index in [-0.39, 0.29) is 17.7 Å². The molecule has 0 aliphatic rings. The fraction of sp³-hybridized carbons (Fsp3) is 0.263. The highest BCUT2D eigenvalue weighted by atomic mass is 16.6. The molecule has 0 radical (unpaired) electrons. The number of hydrogen-bond donors (Lipinski definition) is 1. The molecule has 0 saturated carbocycles. The molecule has 0 heterocycles. The second-order valence-electron chi connectivity index (χ2n) is 5.73. The van der Waals surface area contributed by atoms with Gasteiger partial charge in [0.25, 0.3) is 11.6 Å². The lowest BCUT2D eigenvalue weighted by atomic mass is 10.1. The van der Waals surface area contributed by atoms with E-state index >= 15 is 0 Å². The summed E-state index contributed by atoms with van der Waals surface area (Å²) >= 11 is 0. The number of benzene rings is 2. The van der Waals surface area contributed by atoms with Crippen LogP contribution >= 0.6 is 0 Å². The molecule has 0 unspecified atom stereocenters. The topological polar surface area (TPSA) is 126 Å². The Bertz CT molecular complexity index is 917. The minimum Gasteiger partial charge on any atom is -0.493 e. The zero-order valence-corrected chi connectivity index (χ0v) is 16.3. The molecule has 0 aromatic heterocycles. The van der Waals surface area contributed by atoms with Crippen LogP contribution in [0.2, 0.25) is 0 Å². The molecule has 29 heavy (non-hydrogen) atoms. The number of rotatable bonds is 8. The Hall–Kier alpha value is -3.82. The normalized spacial score (nSPS) is 10.1. The van der Waals surface area contributed by atoms with Gasteiger partial charge in [0, 0.05) is 24.2 Å². The van der Waals surface area contributed by atoms with E-state index in [0.717, 1.165) is 19.2 Å². The van der Waals surface area contributed by atoms with Crippen molar-refractivity contribution < 1.29 is 33.5 Å². The molecule has 0 spiro atoms. The van der Waals surface area contributed by atoms with Gasteiger partial charge in [-0.2, -0.15) is 0 Å². The second-order valence-corrected chi connectivity index (χ2v) is 5.73. The third kappa shape index (κ3) is 4.92. The molecule has 0 atom stereocenters. The van der Waals surface area contributed by atoms with E-state index in [1.54, 1.807) is 12.1 Å². The molecular formula is C19H20N2O8. The molecule has 1 N–H and O–H groups in total. The molecule has 2 rings (SSSR count). The van der Waals surface area contributed by atoms with Gasteiger partial charge in [-0.05, 0) is 23.8 Å². The van der Waals surface area contributed by atoms with E-state index in [0.29, 0.717) is 22.8 Å². The molecule has 2 aromatic rings. The lowest BCUT2D eigenvalue weighted by Gasteiger charge is -2.14. The highest BCUT2D eigenvalue weighted by molar-refractivity contribution is 5.98. The third-order valence-corrected chi connectivity index (χ3v) is 3.99. The smallest absolute Gasteiger partial charge is 0.338 e. The van der Waals surface area contributed by atoms with E-state index in [2.05, 4.69) is 10.1 Å². The van der Waals surface area contributed by atoms with Crippen LogP contribution in [0.25, 0.3) is 0 Å². The first-order valence-electron chi connectivity index (χ1n) is 8.29. The summed E-state index contributed by atoms with van der Waals surface area (Å²) < 4.78 is 20.3. The number of carbonyl (C=O) groups is 2. The Morgan fingerprint density at radius 3 is 2.00 bits per heavy atom. The molecular weight excluding hydrogens is 384 g/mol. The highest BCUT2D eigenvalue weighted by Crippen LogP contribution is 2.38. The van der Waals surface area contributed by atoms with Crippen molar-refractivity contribution in [3.05, 3.63) is 57.1 Å². The number of ether oxygens (including phenoxy) is 4. The fourth-order valence-corrected chi connectivity index (χ4v) is 2.61. The van der Waals surface area contributed by atoms with Gasteiger partial charge in [-0.3, -0.25) is 14.9 Å². The summed E-state index contributed by atoms with van der Waals surface area (Å²) in [7, 11) is 5.56. The molecule has 0 bridgehead atoms. The van der Waals surface area contributed by atoms with Crippen molar-refractivity contribution in [2.45, 2.75) is 6.54 Å². The summed E-state index contributed by atoms with van der Waals surface area (Å²) in [5.74, 6) is -0.148. The van der Waals surface area contributed by atoms with Crippen molar-refractivity contribution >= 4 is 17.6 Å². The predicted octanol–water partition coefficient (Wildman–Crippen LogP) is 2.34. The van der Waals surface area contributed by atoms with Crippen LogP contribution in [0.1, 0.15) is 26.3 Å². The van der Waals surface area contributed by atoms with Crippen molar-refractivity contribution in [2.75, 3.05) is 28.4 Å². The molecule has 2 aromatic carbocycles. The van der Waals surface area contributed by atoms with Gasteiger partial charge < -0.3 is 24.3 Å². The highest BCUT2D eigenvalue weighted by Gasteiger charge is 2.19. The molecule has 0 saturated heterocycles. The first-order valence-corrected chi connectivity index (χ1v) is 8.29. The lowest BCUT2D eigenvalue weighted by Crippen LogP contribution is -2.23. The van der Waals surface area contributed by atoms with Gasteiger partial charge in [0.1, 0.15) is 0 Å². The van der Waals surface area contributed by atoms with Crippen molar-refractivity contribution in [3.8, 4) is 17.2 Å². The average Bonchev–Trinajstić information content (AvgIpc) is 2.75. The van der Waals surface area contributed by atoms with Gasteiger partial charge >= 0.3 is 5.97 Å². The molecule has 0 fully saturated rings. The minimum atomic E-state index is -0.785. The standard InChI is InChI=1S/C19H20N2O8/c1-26-15-5-11(6-16(27-2)17(15)28-3)10-20-18(22)12-7-13(19(23)29-4)9-14(8-12)21(24)25/h5-9H,10H2,1-4H3,(H,20,22). The van der Waals surface area contributed by atoms with E-state index < -0.39 is 22.5 Å². The van der Waals surface area contributed by atoms with Gasteiger partial charge in [-0.15, -0.1) is 0 Å². The number of esters is 1. The maximum absolute atomic E-state index is 12.5. The zero-order chi connectivity index (χ0) is 21.6. The van der Waals surface area contributed by atoms with E-state index in [9.17, 15) is 19.7 Å². The van der Waals surface area contributed by atoms with Crippen molar-refractivity contribution in [1.29, 1.82) is 0 Å². The average molecular weight is 404 g/mol. The number of amides is 1. The zero-order valence-electron chi connectivity index (χ0n) is 16.3. The van der Waals surface area contributed by atoms with Crippen LogP contribution in [-0.4, -0.2) is 45.2 Å². The van der Waals surface area contributed by atoms with E-state index in [1.165, 1.54) is 27.4 Å². The largest absolute Gasteiger partial charge is 0.493 e. The lowest BCUT2D eigenvalue weighted by molar-refractivity contribution is -0.384. The molecule has 1 amide bonds. The summed E-state index contributed by atoms with van der Waals surface area (Å²) in [5, 5.41) is 13.7. The summed E-state index contributed by atoms with van der Waals surface area (Å²) in [6.45, 7) is 0.0752. The van der Waals surface area contributed by atoms with Crippen LogP contribution in [0.4, 0.5) is 5.69 Å². The monoisotopic (exact) mass is 404 g/mol.